The largest absolute Gasteiger partial charge is 0.299 e. The molecule has 2 saturated heterocycles. The minimum absolute atomic E-state index is 0.103. The molecule has 2 heterocycles. The normalized spacial score (nSPS) is 20.7. The molecule has 4 rings (SSSR count). The van der Waals surface area contributed by atoms with Gasteiger partial charge in [-0.15, -0.1) is 0 Å². The maximum atomic E-state index is 12.8. The Morgan fingerprint density at radius 3 is 1.86 bits per heavy atom. The van der Waals surface area contributed by atoms with E-state index in [2.05, 4.69) is 40.1 Å². The SMILES string of the molecule is O=S(=O)(Cc1ccccc1)N1CCN(C2CCN(Cc3ccccc3)CC2)CC1. The van der Waals surface area contributed by atoms with Crippen molar-refractivity contribution in [3.63, 3.8) is 0 Å². The lowest BCUT2D eigenvalue weighted by molar-refractivity contribution is 0.0785. The van der Waals surface area contributed by atoms with Crippen LogP contribution in [0, 0.1) is 0 Å². The van der Waals surface area contributed by atoms with Crippen LogP contribution in [0.2, 0.25) is 0 Å². The molecule has 0 N–H and O–H groups in total. The van der Waals surface area contributed by atoms with E-state index in [0.717, 1.165) is 38.3 Å². The summed E-state index contributed by atoms with van der Waals surface area (Å²) >= 11 is 0. The van der Waals surface area contributed by atoms with Gasteiger partial charge in [0.15, 0.2) is 0 Å². The van der Waals surface area contributed by atoms with Crippen LogP contribution in [-0.4, -0.2) is 67.8 Å². The van der Waals surface area contributed by atoms with Gasteiger partial charge in [-0.1, -0.05) is 60.7 Å². The van der Waals surface area contributed by atoms with Crippen molar-refractivity contribution in [1.29, 1.82) is 0 Å². The predicted octanol–water partition coefficient (Wildman–Crippen LogP) is 2.80. The van der Waals surface area contributed by atoms with Crippen LogP contribution in [0.4, 0.5) is 0 Å². The molecule has 29 heavy (non-hydrogen) atoms. The van der Waals surface area contributed by atoms with E-state index in [4.69, 9.17) is 0 Å². The molecule has 2 aromatic rings. The van der Waals surface area contributed by atoms with E-state index >= 15 is 0 Å². The summed E-state index contributed by atoms with van der Waals surface area (Å²) in [5.41, 5.74) is 2.24. The fraction of sp³-hybridized carbons (Fsp3) is 0.478. The van der Waals surface area contributed by atoms with Gasteiger partial charge in [0.25, 0.3) is 0 Å². The molecule has 0 unspecified atom stereocenters. The Hall–Kier alpha value is -1.73. The second-order valence-electron chi connectivity index (χ2n) is 8.17. The third-order valence-corrected chi connectivity index (χ3v) is 8.03. The van der Waals surface area contributed by atoms with Crippen LogP contribution >= 0.6 is 0 Å². The Morgan fingerprint density at radius 1 is 0.724 bits per heavy atom. The Labute approximate surface area is 175 Å². The molecule has 0 spiro atoms. The second kappa shape index (κ2) is 9.39. The first-order chi connectivity index (χ1) is 14.1. The van der Waals surface area contributed by atoms with E-state index in [-0.39, 0.29) is 5.75 Å². The summed E-state index contributed by atoms with van der Waals surface area (Å²) in [6, 6.07) is 20.7. The molecule has 2 aromatic carbocycles. The van der Waals surface area contributed by atoms with Gasteiger partial charge in [0, 0.05) is 38.8 Å². The van der Waals surface area contributed by atoms with Crippen molar-refractivity contribution in [3.05, 3.63) is 71.8 Å². The van der Waals surface area contributed by atoms with E-state index in [1.807, 2.05) is 30.3 Å². The molecule has 0 radical (unpaired) electrons. The highest BCUT2D eigenvalue weighted by Gasteiger charge is 2.31. The maximum Gasteiger partial charge on any atom is 0.218 e. The third kappa shape index (κ3) is 5.45. The summed E-state index contributed by atoms with van der Waals surface area (Å²) in [5, 5.41) is 0. The van der Waals surface area contributed by atoms with Crippen LogP contribution in [0.3, 0.4) is 0 Å². The van der Waals surface area contributed by atoms with Crippen molar-refractivity contribution in [2.24, 2.45) is 0 Å². The molecule has 0 atom stereocenters. The van der Waals surface area contributed by atoms with Gasteiger partial charge < -0.3 is 0 Å². The van der Waals surface area contributed by atoms with Gasteiger partial charge in [0.1, 0.15) is 0 Å². The van der Waals surface area contributed by atoms with Gasteiger partial charge in [0.2, 0.25) is 10.0 Å². The quantitative estimate of drug-likeness (QED) is 0.731. The first-order valence-electron chi connectivity index (χ1n) is 10.6. The van der Waals surface area contributed by atoms with E-state index < -0.39 is 10.0 Å². The standard InChI is InChI=1S/C23H31N3O2S/c27-29(28,20-22-9-5-2-6-10-22)26-17-15-25(16-18-26)23-11-13-24(14-12-23)19-21-7-3-1-4-8-21/h1-10,23H,11-20H2. The maximum absolute atomic E-state index is 12.8. The zero-order valence-corrected chi connectivity index (χ0v) is 17.8. The van der Waals surface area contributed by atoms with Gasteiger partial charge >= 0.3 is 0 Å². The van der Waals surface area contributed by atoms with E-state index in [1.165, 1.54) is 18.4 Å². The summed E-state index contributed by atoms with van der Waals surface area (Å²) < 4.78 is 27.2. The molecule has 2 fully saturated rings. The smallest absolute Gasteiger partial charge is 0.218 e. The molecular formula is C23H31N3O2S. The molecule has 0 bridgehead atoms. The number of piperazine rings is 1. The van der Waals surface area contributed by atoms with Crippen LogP contribution in [0.1, 0.15) is 24.0 Å². The van der Waals surface area contributed by atoms with Crippen LogP contribution < -0.4 is 0 Å². The Kier molecular flexibility index (Phi) is 6.65. The zero-order chi connectivity index (χ0) is 20.1. The van der Waals surface area contributed by atoms with E-state index in [9.17, 15) is 8.42 Å². The first kappa shape index (κ1) is 20.5. The molecule has 2 aliphatic rings. The highest BCUT2D eigenvalue weighted by Crippen LogP contribution is 2.21. The number of hydrogen-bond donors (Lipinski definition) is 0. The molecule has 0 saturated carbocycles. The molecule has 5 nitrogen and oxygen atoms in total. The van der Waals surface area contributed by atoms with Gasteiger partial charge in [-0.25, -0.2) is 8.42 Å². The Bertz CT molecular complexity index is 858. The minimum atomic E-state index is -3.24. The molecule has 2 aliphatic heterocycles. The molecule has 0 aromatic heterocycles. The average Bonchev–Trinajstić information content (AvgIpc) is 2.76. The molecule has 0 amide bonds. The van der Waals surface area contributed by atoms with Crippen LogP contribution in [0.5, 0.6) is 0 Å². The van der Waals surface area contributed by atoms with Crippen molar-refractivity contribution in [1.82, 2.24) is 14.1 Å². The van der Waals surface area contributed by atoms with Gasteiger partial charge in [-0.05, 0) is 37.1 Å². The monoisotopic (exact) mass is 413 g/mol. The summed E-state index contributed by atoms with van der Waals surface area (Å²) in [6.45, 7) is 6.17. The van der Waals surface area contributed by atoms with Crippen molar-refractivity contribution < 1.29 is 8.42 Å². The van der Waals surface area contributed by atoms with E-state index in [1.54, 1.807) is 4.31 Å². The highest BCUT2D eigenvalue weighted by atomic mass is 32.2. The van der Waals surface area contributed by atoms with Gasteiger partial charge in [-0.3, -0.25) is 9.80 Å². The number of likely N-dealkylation sites (tertiary alicyclic amines) is 1. The highest BCUT2D eigenvalue weighted by molar-refractivity contribution is 7.88. The molecule has 156 valence electrons. The zero-order valence-electron chi connectivity index (χ0n) is 17.0. The number of piperidine rings is 1. The second-order valence-corrected chi connectivity index (χ2v) is 10.1. The fourth-order valence-electron chi connectivity index (χ4n) is 4.51. The summed E-state index contributed by atoms with van der Waals surface area (Å²) in [6.07, 6.45) is 2.34. The molecule has 6 heteroatoms. The van der Waals surface area contributed by atoms with E-state index in [0.29, 0.717) is 19.1 Å². The number of rotatable bonds is 6. The molecular weight excluding hydrogens is 382 g/mol. The number of benzene rings is 2. The van der Waals surface area contributed by atoms with Crippen molar-refractivity contribution in [3.8, 4) is 0 Å². The van der Waals surface area contributed by atoms with Crippen molar-refractivity contribution in [2.75, 3.05) is 39.3 Å². The summed E-state index contributed by atoms with van der Waals surface area (Å²) in [5.74, 6) is 0.103. The third-order valence-electron chi connectivity index (χ3n) is 6.18. The minimum Gasteiger partial charge on any atom is -0.299 e. The summed E-state index contributed by atoms with van der Waals surface area (Å²) in [7, 11) is -3.24. The molecule has 0 aliphatic carbocycles. The number of hydrogen-bond acceptors (Lipinski definition) is 4. The first-order valence-corrected chi connectivity index (χ1v) is 12.2. The van der Waals surface area contributed by atoms with Crippen molar-refractivity contribution >= 4 is 10.0 Å². The van der Waals surface area contributed by atoms with Gasteiger partial charge in [-0.2, -0.15) is 4.31 Å². The number of nitrogens with zero attached hydrogens (tertiary/aromatic N) is 3. The lowest BCUT2D eigenvalue weighted by Gasteiger charge is -2.42. The topological polar surface area (TPSA) is 43.9 Å². The number of sulfonamides is 1. The van der Waals surface area contributed by atoms with Crippen molar-refractivity contribution in [2.45, 2.75) is 31.2 Å². The predicted molar refractivity (Wildman–Crippen MR) is 117 cm³/mol. The van der Waals surface area contributed by atoms with Crippen LogP contribution in [0.25, 0.3) is 0 Å². The Balaban J connectivity index is 1.24. The van der Waals surface area contributed by atoms with Crippen LogP contribution in [0.15, 0.2) is 60.7 Å². The lowest BCUT2D eigenvalue weighted by atomic mass is 10.0. The fourth-order valence-corrected chi connectivity index (χ4v) is 6.02. The van der Waals surface area contributed by atoms with Crippen LogP contribution in [-0.2, 0) is 22.3 Å². The Morgan fingerprint density at radius 2 is 1.28 bits per heavy atom. The lowest BCUT2D eigenvalue weighted by Crippen LogP contribution is -2.54. The van der Waals surface area contributed by atoms with Gasteiger partial charge in [0.05, 0.1) is 5.75 Å². The average molecular weight is 414 g/mol. The summed E-state index contributed by atoms with van der Waals surface area (Å²) in [4.78, 5) is 5.04.